The minimum absolute atomic E-state index is 0.104. The van der Waals surface area contributed by atoms with E-state index in [-0.39, 0.29) is 17.7 Å². The van der Waals surface area contributed by atoms with Crippen LogP contribution in [-0.4, -0.2) is 15.4 Å². The van der Waals surface area contributed by atoms with Gasteiger partial charge >= 0.3 is 0 Å². The minimum Gasteiger partial charge on any atom is -0.349 e. The number of nitrogens with one attached hydrogen (secondary N) is 2. The van der Waals surface area contributed by atoms with Gasteiger partial charge in [0.15, 0.2) is 5.84 Å². The summed E-state index contributed by atoms with van der Waals surface area (Å²) in [6, 6.07) is 54.1. The zero-order valence-corrected chi connectivity index (χ0v) is 27.9. The molecule has 1 aliphatic carbocycles. The van der Waals surface area contributed by atoms with Gasteiger partial charge < -0.3 is 5.32 Å². The number of rotatable bonds is 4. The third-order valence-electron chi connectivity index (χ3n) is 10.7. The van der Waals surface area contributed by atoms with Crippen LogP contribution in [0.2, 0.25) is 0 Å². The molecule has 1 aliphatic heterocycles. The van der Waals surface area contributed by atoms with Crippen molar-refractivity contribution in [1.29, 1.82) is 0 Å². The van der Waals surface area contributed by atoms with Crippen LogP contribution in [0.25, 0.3) is 49.5 Å². The van der Waals surface area contributed by atoms with Crippen LogP contribution in [0, 0.1) is 0 Å². The molecule has 2 unspecified atom stereocenters. The largest absolute Gasteiger partial charge is 0.349 e. The topological polar surface area (TPSA) is 54.2 Å². The lowest BCUT2D eigenvalue weighted by Crippen LogP contribution is -2.45. The van der Waals surface area contributed by atoms with Crippen molar-refractivity contribution < 1.29 is 0 Å². The maximum Gasteiger partial charge on any atom is 0.150 e. The Hall–Kier alpha value is -6.04. The molecule has 5 nitrogen and oxygen atoms in total. The Labute approximate surface area is 291 Å². The second kappa shape index (κ2) is 11.0. The van der Waals surface area contributed by atoms with Crippen LogP contribution in [0.15, 0.2) is 157 Å². The van der Waals surface area contributed by atoms with E-state index in [2.05, 4.69) is 175 Å². The normalized spacial score (nSPS) is 17.8. The van der Waals surface area contributed by atoms with Gasteiger partial charge in [-0.05, 0) is 74.5 Å². The smallest absolute Gasteiger partial charge is 0.150 e. The molecule has 0 saturated heterocycles. The predicted octanol–water partition coefficient (Wildman–Crippen LogP) is 9.98. The lowest BCUT2D eigenvalue weighted by atomic mass is 9.82. The maximum absolute atomic E-state index is 5.37. The number of hydrogen-bond acceptors (Lipinski definition) is 4. The molecule has 0 amide bonds. The fourth-order valence-corrected chi connectivity index (χ4v) is 8.25. The summed E-state index contributed by atoms with van der Waals surface area (Å²) < 4.78 is 2.33. The molecule has 8 aromatic rings. The predicted molar refractivity (Wildman–Crippen MR) is 205 cm³/mol. The number of benzene rings is 6. The van der Waals surface area contributed by atoms with Gasteiger partial charge in [0.05, 0.1) is 11.0 Å². The van der Waals surface area contributed by atoms with Gasteiger partial charge in [-0.1, -0.05) is 135 Å². The SMILES string of the molecule is CC1(C)c2ccccc2-c2cc3c4ccccc4n(-c4cccc(C5=NC(c6ccccc6)NC(c6cccc7ccccc67)N5)n4)c3cc21. The van der Waals surface area contributed by atoms with Crippen LogP contribution in [0.1, 0.15) is 54.1 Å². The first kappa shape index (κ1) is 28.9. The maximum atomic E-state index is 5.37. The summed E-state index contributed by atoms with van der Waals surface area (Å²) in [5.74, 6) is 1.62. The second-order valence-electron chi connectivity index (χ2n) is 13.9. The fraction of sp³-hybridized carbons (Fsp3) is 0.111. The molecule has 0 bridgehead atoms. The average Bonchev–Trinajstić information content (AvgIpc) is 3.62. The molecule has 0 fully saturated rings. The number of nitrogens with zero attached hydrogens (tertiary/aromatic N) is 3. The summed E-state index contributed by atoms with van der Waals surface area (Å²) in [4.78, 5) is 10.6. The highest BCUT2D eigenvalue weighted by atomic mass is 15.3. The van der Waals surface area contributed by atoms with E-state index in [1.807, 2.05) is 6.07 Å². The lowest BCUT2D eigenvalue weighted by Gasteiger charge is -2.32. The first-order valence-corrected chi connectivity index (χ1v) is 17.3. The lowest BCUT2D eigenvalue weighted by molar-refractivity contribution is 0.410. The molecular weight excluding hydrogens is 611 g/mol. The van der Waals surface area contributed by atoms with E-state index in [0.29, 0.717) is 0 Å². The minimum atomic E-state index is -0.249. The second-order valence-corrected chi connectivity index (χ2v) is 13.9. The van der Waals surface area contributed by atoms with Gasteiger partial charge in [0.2, 0.25) is 0 Å². The first-order valence-electron chi connectivity index (χ1n) is 17.3. The van der Waals surface area contributed by atoms with E-state index in [1.54, 1.807) is 0 Å². The number of amidine groups is 1. The number of aromatic nitrogens is 2. The third kappa shape index (κ3) is 4.37. The highest BCUT2D eigenvalue weighted by molar-refractivity contribution is 6.11. The molecule has 6 aromatic carbocycles. The molecule has 3 heterocycles. The van der Waals surface area contributed by atoms with Gasteiger partial charge in [0.25, 0.3) is 0 Å². The Balaban J connectivity index is 1.14. The number of hydrogen-bond donors (Lipinski definition) is 2. The van der Waals surface area contributed by atoms with Crippen molar-refractivity contribution in [2.24, 2.45) is 4.99 Å². The van der Waals surface area contributed by atoms with E-state index in [1.165, 1.54) is 49.4 Å². The van der Waals surface area contributed by atoms with Crippen LogP contribution in [0.3, 0.4) is 0 Å². The van der Waals surface area contributed by atoms with Gasteiger partial charge in [-0.3, -0.25) is 9.88 Å². The van der Waals surface area contributed by atoms with Gasteiger partial charge in [-0.15, -0.1) is 0 Å². The van der Waals surface area contributed by atoms with Crippen LogP contribution in [0.5, 0.6) is 0 Å². The van der Waals surface area contributed by atoms with Crippen molar-refractivity contribution in [2.75, 3.05) is 0 Å². The molecule has 2 aromatic heterocycles. The third-order valence-corrected chi connectivity index (χ3v) is 10.7. The van der Waals surface area contributed by atoms with E-state index >= 15 is 0 Å². The molecule has 10 rings (SSSR count). The summed E-state index contributed by atoms with van der Waals surface area (Å²) in [5.41, 5.74) is 10.6. The summed E-state index contributed by atoms with van der Waals surface area (Å²) in [7, 11) is 0. The average molecular weight is 646 g/mol. The van der Waals surface area contributed by atoms with E-state index < -0.39 is 0 Å². The van der Waals surface area contributed by atoms with Crippen molar-refractivity contribution in [1.82, 2.24) is 20.2 Å². The highest BCUT2D eigenvalue weighted by Crippen LogP contribution is 2.50. The highest BCUT2D eigenvalue weighted by Gasteiger charge is 2.36. The van der Waals surface area contributed by atoms with Gasteiger partial charge in [0, 0.05) is 16.2 Å². The fourth-order valence-electron chi connectivity index (χ4n) is 8.25. The molecule has 2 atom stereocenters. The first-order chi connectivity index (χ1) is 24.5. The van der Waals surface area contributed by atoms with Crippen molar-refractivity contribution in [3.05, 3.63) is 180 Å². The standard InChI is InChI=1S/C45H35N5/c1-45(2)36-22-10-8-19-31(36)34-26-35-32-20-9-11-24-39(32)50(40(35)27-37(34)45)41-25-13-23-38(46-41)44-48-42(29-15-4-3-5-16-29)47-43(49-44)33-21-12-17-28-14-6-7-18-30(28)33/h3-27,42-43,47H,1-2H3,(H,48,49). The molecule has 0 spiro atoms. The number of pyridine rings is 1. The van der Waals surface area contributed by atoms with Crippen molar-refractivity contribution >= 4 is 38.4 Å². The number of para-hydroxylation sites is 1. The van der Waals surface area contributed by atoms with Crippen LogP contribution in [0.4, 0.5) is 0 Å². The summed E-state index contributed by atoms with van der Waals surface area (Å²) in [5, 5.41) is 12.4. The van der Waals surface area contributed by atoms with Gasteiger partial charge in [-0.25, -0.2) is 9.98 Å². The quantitative estimate of drug-likeness (QED) is 0.200. The Morgan fingerprint density at radius 1 is 0.600 bits per heavy atom. The Kier molecular flexibility index (Phi) is 6.36. The molecule has 2 N–H and O–H groups in total. The van der Waals surface area contributed by atoms with E-state index in [4.69, 9.17) is 9.98 Å². The molecule has 0 saturated carbocycles. The molecule has 240 valence electrons. The van der Waals surface area contributed by atoms with Crippen molar-refractivity contribution in [3.8, 4) is 16.9 Å². The van der Waals surface area contributed by atoms with Crippen LogP contribution in [-0.2, 0) is 5.41 Å². The molecule has 2 aliphatic rings. The van der Waals surface area contributed by atoms with Crippen LogP contribution >= 0.6 is 0 Å². The monoisotopic (exact) mass is 645 g/mol. The van der Waals surface area contributed by atoms with E-state index in [9.17, 15) is 0 Å². The van der Waals surface area contributed by atoms with Crippen LogP contribution < -0.4 is 10.6 Å². The molecular formula is C45H35N5. The van der Waals surface area contributed by atoms with E-state index in [0.717, 1.165) is 33.9 Å². The Morgan fingerprint density at radius 2 is 1.34 bits per heavy atom. The van der Waals surface area contributed by atoms with Crippen molar-refractivity contribution in [2.45, 2.75) is 31.6 Å². The summed E-state index contributed by atoms with van der Waals surface area (Å²) in [6.45, 7) is 4.68. The van der Waals surface area contributed by atoms with Crippen molar-refractivity contribution in [3.63, 3.8) is 0 Å². The molecule has 50 heavy (non-hydrogen) atoms. The zero-order chi connectivity index (χ0) is 33.4. The molecule has 5 heteroatoms. The molecule has 0 radical (unpaired) electrons. The van der Waals surface area contributed by atoms with Gasteiger partial charge in [-0.2, -0.15) is 0 Å². The summed E-state index contributed by atoms with van der Waals surface area (Å²) >= 11 is 0. The number of aliphatic imine (C=N–C) groups is 1. The summed E-state index contributed by atoms with van der Waals surface area (Å²) in [6.07, 6.45) is -0.425. The zero-order valence-electron chi connectivity index (χ0n) is 27.9. The number of fused-ring (bicyclic) bond motifs is 7. The van der Waals surface area contributed by atoms with Gasteiger partial charge in [0.1, 0.15) is 23.8 Å². The Morgan fingerprint density at radius 3 is 2.24 bits per heavy atom. The Bertz CT molecular complexity index is 2640.